The molecule has 446 valence electrons. The van der Waals surface area contributed by atoms with E-state index in [1.165, 1.54) is 308 Å². The number of ether oxygens (including phenoxy) is 3. The standard InChI is InChI=1S/C69H134O6/c1-4-7-10-13-16-19-21-23-25-27-29-31-33-34-35-37-38-40-42-44-46-48-50-53-56-59-62-68(71)74-65-66(64-73-67(70)61-58-55-52-18-15-12-9-6-3)75-69(72)63-60-57-54-51-49-47-45-43-41-39-36-32-30-28-26-24-22-20-17-14-11-8-5-2/h66H,4-65H2,1-3H3. The number of carbonyl (C=O) groups is 3. The predicted octanol–water partition coefficient (Wildman–Crippen LogP) is 23.5. The molecule has 0 aromatic carbocycles. The first kappa shape index (κ1) is 73.4. The first-order valence-electron chi connectivity index (χ1n) is 34.5. The molecule has 1 unspecified atom stereocenters. The first-order valence-corrected chi connectivity index (χ1v) is 34.5. The van der Waals surface area contributed by atoms with Crippen LogP contribution in [0.3, 0.4) is 0 Å². The summed E-state index contributed by atoms with van der Waals surface area (Å²) < 4.78 is 16.9. The van der Waals surface area contributed by atoms with Crippen LogP contribution in [-0.4, -0.2) is 37.2 Å². The van der Waals surface area contributed by atoms with E-state index in [9.17, 15) is 14.4 Å². The average Bonchev–Trinajstić information content (AvgIpc) is 3.41. The number of carbonyl (C=O) groups excluding carboxylic acids is 3. The van der Waals surface area contributed by atoms with Crippen LogP contribution in [0.4, 0.5) is 0 Å². The molecule has 0 aromatic heterocycles. The van der Waals surface area contributed by atoms with Gasteiger partial charge in [-0.15, -0.1) is 0 Å². The van der Waals surface area contributed by atoms with Gasteiger partial charge in [-0.25, -0.2) is 0 Å². The van der Waals surface area contributed by atoms with Gasteiger partial charge in [0.25, 0.3) is 0 Å². The van der Waals surface area contributed by atoms with Crippen LogP contribution in [0.25, 0.3) is 0 Å². The van der Waals surface area contributed by atoms with E-state index in [4.69, 9.17) is 14.2 Å². The molecule has 0 aliphatic carbocycles. The van der Waals surface area contributed by atoms with Crippen LogP contribution in [0.15, 0.2) is 0 Å². The van der Waals surface area contributed by atoms with Crippen molar-refractivity contribution in [3.63, 3.8) is 0 Å². The first-order chi connectivity index (χ1) is 37.0. The van der Waals surface area contributed by atoms with Crippen molar-refractivity contribution in [2.75, 3.05) is 13.2 Å². The molecular weight excluding hydrogens is 925 g/mol. The fourth-order valence-electron chi connectivity index (χ4n) is 10.9. The summed E-state index contributed by atoms with van der Waals surface area (Å²) >= 11 is 0. The van der Waals surface area contributed by atoms with E-state index < -0.39 is 6.10 Å². The Labute approximate surface area is 469 Å². The second-order valence-electron chi connectivity index (χ2n) is 23.8. The Bertz CT molecular complexity index is 1120. The van der Waals surface area contributed by atoms with Crippen molar-refractivity contribution < 1.29 is 28.6 Å². The highest BCUT2D eigenvalue weighted by atomic mass is 16.6. The van der Waals surface area contributed by atoms with Crippen LogP contribution in [0, 0.1) is 0 Å². The van der Waals surface area contributed by atoms with Crippen LogP contribution in [0.2, 0.25) is 0 Å². The molecule has 0 saturated carbocycles. The molecule has 1 atom stereocenters. The topological polar surface area (TPSA) is 78.9 Å². The molecule has 0 rings (SSSR count). The number of rotatable bonds is 65. The van der Waals surface area contributed by atoms with E-state index in [0.717, 1.165) is 57.8 Å². The second-order valence-corrected chi connectivity index (χ2v) is 23.8. The Kier molecular flexibility index (Phi) is 63.6. The molecule has 0 aliphatic heterocycles. The SMILES string of the molecule is CCCCCCCCCCCCCCCCCCCCCCCCCCCCC(=O)OCC(COC(=O)CCCCCCCCCC)OC(=O)CCCCCCCCCCCCCCCCCCCCCCCCC. The molecular formula is C69H134O6. The Morgan fingerprint density at radius 2 is 0.360 bits per heavy atom. The van der Waals surface area contributed by atoms with E-state index in [2.05, 4.69) is 20.8 Å². The van der Waals surface area contributed by atoms with E-state index in [1.54, 1.807) is 0 Å². The highest BCUT2D eigenvalue weighted by molar-refractivity contribution is 5.71. The zero-order valence-electron chi connectivity index (χ0n) is 51.4. The van der Waals surface area contributed by atoms with Gasteiger partial charge in [0, 0.05) is 19.3 Å². The molecule has 0 radical (unpaired) electrons. The summed E-state index contributed by atoms with van der Waals surface area (Å²) in [6.45, 7) is 6.70. The lowest BCUT2D eigenvalue weighted by Crippen LogP contribution is -2.30. The average molecular weight is 1060 g/mol. The van der Waals surface area contributed by atoms with Crippen LogP contribution < -0.4 is 0 Å². The molecule has 0 N–H and O–H groups in total. The maximum Gasteiger partial charge on any atom is 0.306 e. The Morgan fingerprint density at radius 3 is 0.533 bits per heavy atom. The Balaban J connectivity index is 4.04. The van der Waals surface area contributed by atoms with Crippen molar-refractivity contribution in [1.29, 1.82) is 0 Å². The Hall–Kier alpha value is -1.59. The quantitative estimate of drug-likeness (QED) is 0.0343. The third kappa shape index (κ3) is 63.1. The predicted molar refractivity (Wildman–Crippen MR) is 326 cm³/mol. The highest BCUT2D eigenvalue weighted by Gasteiger charge is 2.19. The third-order valence-corrected chi connectivity index (χ3v) is 16.1. The van der Waals surface area contributed by atoms with Crippen molar-refractivity contribution in [2.45, 2.75) is 412 Å². The number of hydrogen-bond acceptors (Lipinski definition) is 6. The van der Waals surface area contributed by atoms with Crippen LogP contribution in [0.5, 0.6) is 0 Å². The largest absolute Gasteiger partial charge is 0.462 e. The van der Waals surface area contributed by atoms with Crippen LogP contribution >= 0.6 is 0 Å². The monoisotopic (exact) mass is 1060 g/mol. The van der Waals surface area contributed by atoms with Gasteiger partial charge < -0.3 is 14.2 Å². The summed E-state index contributed by atoms with van der Waals surface area (Å²) in [5.41, 5.74) is 0. The summed E-state index contributed by atoms with van der Waals surface area (Å²) in [7, 11) is 0. The van der Waals surface area contributed by atoms with Crippen molar-refractivity contribution in [3.05, 3.63) is 0 Å². The maximum atomic E-state index is 12.9. The molecule has 0 spiro atoms. The van der Waals surface area contributed by atoms with Gasteiger partial charge in [0.15, 0.2) is 6.10 Å². The molecule has 75 heavy (non-hydrogen) atoms. The fourth-order valence-corrected chi connectivity index (χ4v) is 10.9. The van der Waals surface area contributed by atoms with Gasteiger partial charge in [-0.3, -0.25) is 14.4 Å². The number of esters is 3. The lowest BCUT2D eigenvalue weighted by Gasteiger charge is -2.18. The highest BCUT2D eigenvalue weighted by Crippen LogP contribution is 2.19. The summed E-state index contributed by atoms with van der Waals surface area (Å²) in [5, 5.41) is 0. The van der Waals surface area contributed by atoms with E-state index in [1.807, 2.05) is 0 Å². The van der Waals surface area contributed by atoms with E-state index in [-0.39, 0.29) is 31.1 Å². The zero-order valence-corrected chi connectivity index (χ0v) is 51.4. The molecule has 0 amide bonds. The normalized spacial score (nSPS) is 11.9. The fraction of sp³-hybridized carbons (Fsp3) is 0.957. The Morgan fingerprint density at radius 1 is 0.213 bits per heavy atom. The van der Waals surface area contributed by atoms with Gasteiger partial charge in [0.2, 0.25) is 0 Å². The van der Waals surface area contributed by atoms with Gasteiger partial charge in [0.1, 0.15) is 13.2 Å². The van der Waals surface area contributed by atoms with Gasteiger partial charge in [0.05, 0.1) is 0 Å². The van der Waals surface area contributed by atoms with Crippen LogP contribution in [-0.2, 0) is 28.6 Å². The summed E-state index contributed by atoms with van der Waals surface area (Å²) in [6.07, 6.45) is 75.8. The summed E-state index contributed by atoms with van der Waals surface area (Å²) in [6, 6.07) is 0. The molecule has 0 aromatic rings. The summed E-state index contributed by atoms with van der Waals surface area (Å²) in [5.74, 6) is -0.830. The van der Waals surface area contributed by atoms with Crippen molar-refractivity contribution >= 4 is 17.9 Å². The minimum atomic E-state index is -0.762. The molecule has 0 bridgehead atoms. The lowest BCUT2D eigenvalue weighted by molar-refractivity contribution is -0.167. The zero-order chi connectivity index (χ0) is 54.3. The minimum absolute atomic E-state index is 0.0610. The molecule has 0 saturated heterocycles. The number of hydrogen-bond donors (Lipinski definition) is 0. The minimum Gasteiger partial charge on any atom is -0.462 e. The van der Waals surface area contributed by atoms with Crippen molar-refractivity contribution in [1.82, 2.24) is 0 Å². The molecule has 6 nitrogen and oxygen atoms in total. The van der Waals surface area contributed by atoms with Crippen molar-refractivity contribution in [2.24, 2.45) is 0 Å². The molecule has 0 heterocycles. The summed E-state index contributed by atoms with van der Waals surface area (Å²) in [4.78, 5) is 38.2. The lowest BCUT2D eigenvalue weighted by atomic mass is 10.0. The van der Waals surface area contributed by atoms with Crippen LogP contribution in [0.1, 0.15) is 406 Å². The van der Waals surface area contributed by atoms with Gasteiger partial charge in [-0.05, 0) is 19.3 Å². The molecule has 6 heteroatoms. The van der Waals surface area contributed by atoms with Gasteiger partial charge >= 0.3 is 17.9 Å². The van der Waals surface area contributed by atoms with Crippen molar-refractivity contribution in [3.8, 4) is 0 Å². The van der Waals surface area contributed by atoms with Gasteiger partial charge in [-0.2, -0.15) is 0 Å². The maximum absolute atomic E-state index is 12.9. The molecule has 0 fully saturated rings. The number of unbranched alkanes of at least 4 members (excludes halogenated alkanes) is 54. The molecule has 0 aliphatic rings. The second kappa shape index (κ2) is 64.9. The van der Waals surface area contributed by atoms with E-state index >= 15 is 0 Å². The van der Waals surface area contributed by atoms with E-state index in [0.29, 0.717) is 19.3 Å². The third-order valence-electron chi connectivity index (χ3n) is 16.1. The smallest absolute Gasteiger partial charge is 0.306 e. The van der Waals surface area contributed by atoms with Gasteiger partial charge in [-0.1, -0.05) is 367 Å².